The van der Waals surface area contributed by atoms with Gasteiger partial charge in [-0.05, 0) is 276 Å². The quantitative estimate of drug-likeness (QED) is 0.138. The molecule has 27 aromatic rings. The molecule has 0 saturated carbocycles. The highest BCUT2D eigenvalue weighted by molar-refractivity contribution is 6.22. The fraction of sp³-hybridized carbons (Fsp3) is 0.0667. The maximum Gasteiger partial charge on any atom is 0.0588 e. The summed E-state index contributed by atoms with van der Waals surface area (Å²) >= 11 is 0. The van der Waals surface area contributed by atoms with E-state index in [-0.39, 0.29) is 16.2 Å². The molecule has 666 valence electrons. The van der Waals surface area contributed by atoms with Crippen molar-refractivity contribution in [1.82, 2.24) is 27.4 Å². The molecule has 0 saturated heterocycles. The van der Waals surface area contributed by atoms with Crippen molar-refractivity contribution in [3.8, 4) is 101 Å². The van der Waals surface area contributed by atoms with Gasteiger partial charge in [0.05, 0.1) is 66.2 Å². The summed E-state index contributed by atoms with van der Waals surface area (Å²) in [5.41, 5.74) is 45.6. The Morgan fingerprint density at radius 2 is 0.404 bits per heavy atom. The van der Waals surface area contributed by atoms with Gasteiger partial charge >= 0.3 is 0 Å². The van der Waals surface area contributed by atoms with Gasteiger partial charge in [0, 0.05) is 115 Å². The molecule has 0 radical (unpaired) electrons. The molecule has 0 aliphatic heterocycles. The van der Waals surface area contributed by atoms with Crippen molar-refractivity contribution in [2.75, 3.05) is 0 Å². The summed E-state index contributed by atoms with van der Waals surface area (Å²) < 4.78 is 14.5. The summed E-state index contributed by atoms with van der Waals surface area (Å²) in [4.78, 5) is 0. The minimum Gasteiger partial charge on any atom is -0.309 e. The molecule has 3 aliphatic rings. The predicted octanol–water partition coefficient (Wildman–Crippen LogP) is 35.6. The highest BCUT2D eigenvalue weighted by Gasteiger charge is 2.42. The first-order valence-corrected chi connectivity index (χ1v) is 49.4. The molecule has 3 aliphatic carbocycles. The van der Waals surface area contributed by atoms with Gasteiger partial charge in [0.15, 0.2) is 0 Å². The zero-order chi connectivity index (χ0) is 93.8. The molecule has 141 heavy (non-hydrogen) atoms. The summed E-state index contributed by atoms with van der Waals surface area (Å²) in [6.07, 6.45) is 0. The third kappa shape index (κ3) is 12.2. The van der Waals surface area contributed by atoms with Crippen LogP contribution in [0.4, 0.5) is 0 Å². The molecule has 6 heterocycles. The number of benzene rings is 21. The molecule has 0 unspecified atom stereocenters. The first kappa shape index (κ1) is 81.7. The number of hydrogen-bond acceptors (Lipinski definition) is 0. The smallest absolute Gasteiger partial charge is 0.0588 e. The Bertz CT molecular complexity index is 9860. The lowest BCUT2D eigenvalue weighted by Crippen LogP contribution is -2.16. The number of para-hydroxylation sites is 9. The Morgan fingerprint density at radius 3 is 0.801 bits per heavy atom. The van der Waals surface area contributed by atoms with Crippen LogP contribution in [-0.2, 0) is 16.2 Å². The number of hydrogen-bond donors (Lipinski definition) is 0. The second kappa shape index (κ2) is 31.2. The van der Waals surface area contributed by atoms with Crippen LogP contribution in [-0.4, -0.2) is 27.4 Å². The van der Waals surface area contributed by atoms with E-state index in [2.05, 4.69) is 542 Å². The molecule has 0 spiro atoms. The predicted molar refractivity (Wildman–Crippen MR) is 594 cm³/mol. The minimum absolute atomic E-state index is 0.0586. The third-order valence-corrected chi connectivity index (χ3v) is 31.5. The molecule has 0 N–H and O–H groups in total. The van der Waals surface area contributed by atoms with E-state index in [1.54, 1.807) is 0 Å². The van der Waals surface area contributed by atoms with Crippen molar-refractivity contribution in [2.24, 2.45) is 0 Å². The van der Waals surface area contributed by atoms with Crippen LogP contribution in [0.1, 0.15) is 74.9 Å². The highest BCUT2D eigenvalue weighted by atomic mass is 15.0. The van der Waals surface area contributed by atoms with Crippen molar-refractivity contribution >= 4 is 131 Å². The fourth-order valence-corrected chi connectivity index (χ4v) is 25.2. The van der Waals surface area contributed by atoms with Crippen LogP contribution in [0.25, 0.3) is 232 Å². The normalized spacial score (nSPS) is 13.5. The Labute approximate surface area is 817 Å². The molecular formula is C135H96N6. The summed E-state index contributed by atoms with van der Waals surface area (Å²) in [5.74, 6) is 0. The first-order valence-electron chi connectivity index (χ1n) is 49.4. The summed E-state index contributed by atoms with van der Waals surface area (Å²) in [7, 11) is 0. The number of aromatic nitrogens is 6. The first-order chi connectivity index (χ1) is 69.3. The summed E-state index contributed by atoms with van der Waals surface area (Å²) in [6, 6.07) is 174. The molecule has 6 heteroatoms. The van der Waals surface area contributed by atoms with E-state index in [0.29, 0.717) is 0 Å². The van der Waals surface area contributed by atoms with E-state index in [4.69, 9.17) is 0 Å². The lowest BCUT2D eigenvalue weighted by Gasteiger charge is -2.23. The number of fused-ring (bicyclic) bond motifs is 30. The lowest BCUT2D eigenvalue weighted by molar-refractivity contribution is 0.661. The molecular weight excluding hydrogens is 1710 g/mol. The van der Waals surface area contributed by atoms with Gasteiger partial charge in [-0.25, -0.2) is 0 Å². The topological polar surface area (TPSA) is 29.6 Å². The van der Waals surface area contributed by atoms with Crippen molar-refractivity contribution in [3.63, 3.8) is 0 Å². The summed E-state index contributed by atoms with van der Waals surface area (Å²) in [5, 5.41) is 15.5. The van der Waals surface area contributed by atoms with Gasteiger partial charge in [-0.2, -0.15) is 0 Å². The van der Waals surface area contributed by atoms with E-state index >= 15 is 0 Å². The van der Waals surface area contributed by atoms with E-state index in [1.165, 1.54) is 265 Å². The van der Waals surface area contributed by atoms with Gasteiger partial charge in [-0.15, -0.1) is 0 Å². The molecule has 0 amide bonds. The van der Waals surface area contributed by atoms with Crippen LogP contribution < -0.4 is 0 Å². The van der Waals surface area contributed by atoms with Gasteiger partial charge < -0.3 is 27.4 Å². The average Bonchev–Trinajstić information content (AvgIpc) is 1.54. The molecule has 6 aromatic heterocycles. The van der Waals surface area contributed by atoms with E-state index in [1.807, 2.05) is 0 Å². The van der Waals surface area contributed by atoms with Crippen molar-refractivity contribution in [2.45, 2.75) is 57.8 Å². The molecule has 6 nitrogen and oxygen atoms in total. The van der Waals surface area contributed by atoms with Crippen LogP contribution in [0, 0.1) is 0 Å². The fourth-order valence-electron chi connectivity index (χ4n) is 25.2. The largest absolute Gasteiger partial charge is 0.309 e. The maximum atomic E-state index is 2.50. The number of nitrogens with zero attached hydrogens (tertiary/aromatic N) is 6. The van der Waals surface area contributed by atoms with Crippen molar-refractivity contribution in [1.29, 1.82) is 0 Å². The van der Waals surface area contributed by atoms with Crippen LogP contribution >= 0.6 is 0 Å². The molecule has 0 atom stereocenters. The lowest BCUT2D eigenvalue weighted by atomic mass is 9.80. The second-order valence-corrected chi connectivity index (χ2v) is 40.1. The highest BCUT2D eigenvalue weighted by Crippen LogP contribution is 2.58. The van der Waals surface area contributed by atoms with Gasteiger partial charge in [-0.1, -0.05) is 339 Å². The molecule has 0 bridgehead atoms. The van der Waals surface area contributed by atoms with E-state index < -0.39 is 0 Å². The van der Waals surface area contributed by atoms with Gasteiger partial charge in [0.2, 0.25) is 0 Å². The van der Waals surface area contributed by atoms with Crippen LogP contribution in [0.2, 0.25) is 0 Å². The SMILES string of the molecule is CC1(C)c2ccccc2-c2c1ccc1c2c2cc(-c3ccc4c(c3)c3ccccc3n4-c3ccccc3)ccc2n1-c1ccccc1.CC1(C)c2ccccc2-c2ccc3c(c21)c1cc(-c2ccc4c(c2)c2ccccc2n4-c2ccccc2)ccc1n3-c1ccccc1.CC1(C)c2ccccc2-c2ccc3c4cc(-c5ccc6c(c5)c5ccccc5n6-c5ccccc5)ccc4n(-c4ccccc4)c3c21. The van der Waals surface area contributed by atoms with Gasteiger partial charge in [0.25, 0.3) is 0 Å². The minimum atomic E-state index is -0.118. The molecule has 21 aromatic carbocycles. The van der Waals surface area contributed by atoms with Gasteiger partial charge in [0.1, 0.15) is 0 Å². The van der Waals surface area contributed by atoms with Crippen molar-refractivity contribution in [3.05, 3.63) is 507 Å². The summed E-state index contributed by atoms with van der Waals surface area (Å²) in [6.45, 7) is 14.3. The second-order valence-electron chi connectivity index (χ2n) is 40.1. The van der Waals surface area contributed by atoms with Crippen molar-refractivity contribution < 1.29 is 0 Å². The van der Waals surface area contributed by atoms with Crippen LogP contribution in [0.15, 0.2) is 473 Å². The van der Waals surface area contributed by atoms with E-state index in [9.17, 15) is 0 Å². The Morgan fingerprint density at radius 1 is 0.149 bits per heavy atom. The average molecular weight is 1800 g/mol. The van der Waals surface area contributed by atoms with Crippen LogP contribution in [0.3, 0.4) is 0 Å². The molecule has 0 fully saturated rings. The molecule has 30 rings (SSSR count). The number of rotatable bonds is 9. The maximum absolute atomic E-state index is 2.50. The Hall–Kier alpha value is -17.6. The zero-order valence-electron chi connectivity index (χ0n) is 79.2. The van der Waals surface area contributed by atoms with Crippen LogP contribution in [0.5, 0.6) is 0 Å². The Balaban J connectivity index is 0.000000104. The standard InChI is InChI=1S/3C45H32N2/c1-45(2)37-19-11-9-18-34(37)43-38(45)23-26-42-44(43)36-28-30(22-25-41(36)47(42)32-15-7-4-8-16-32)29-21-24-40-35(27-29)33-17-10-12-20-39(33)46(40)31-13-5-3-6-14-31;1-45(2)39-19-11-9-17-33(39)35-23-24-36-38-28-30(22-26-42(38)47(44(36)43(35)45)32-15-7-4-8-16-32)29-21-25-41-37(27-29)34-18-10-12-20-40(34)46(41)31-13-5-3-6-14-31;1-45(2)38-19-11-9-17-33(38)35-23-26-42-43(44(35)45)37-28-30(22-25-41(37)47(42)32-15-7-4-8-16-32)29-21-24-40-36(27-29)34-18-10-12-20-39(34)46(40)31-13-5-3-6-14-31/h3*3-28H,1-2H3. The zero-order valence-corrected chi connectivity index (χ0v) is 79.2. The van der Waals surface area contributed by atoms with Gasteiger partial charge in [-0.3, -0.25) is 0 Å². The monoisotopic (exact) mass is 1800 g/mol. The third-order valence-electron chi connectivity index (χ3n) is 31.5. The van der Waals surface area contributed by atoms with E-state index in [0.717, 1.165) is 0 Å². The Kier molecular flexibility index (Phi) is 18.1.